The van der Waals surface area contributed by atoms with Gasteiger partial charge in [0.05, 0.1) is 27.0 Å². The Labute approximate surface area is 166 Å². The average Bonchev–Trinajstić information content (AvgIpc) is 3.11. The molecule has 1 atom stereocenters. The first-order valence-corrected chi connectivity index (χ1v) is 10.1. The zero-order valence-electron chi connectivity index (χ0n) is 14.9. The monoisotopic (exact) mass is 406 g/mol. The molecule has 8 heteroatoms. The number of aromatic nitrogens is 1. The summed E-state index contributed by atoms with van der Waals surface area (Å²) in [7, 11) is 0. The van der Waals surface area contributed by atoms with E-state index in [1.165, 1.54) is 0 Å². The number of rotatable bonds is 3. The van der Waals surface area contributed by atoms with Gasteiger partial charge in [0, 0.05) is 36.8 Å². The summed E-state index contributed by atoms with van der Waals surface area (Å²) >= 11 is 7.64. The second kappa shape index (κ2) is 7.30. The summed E-state index contributed by atoms with van der Waals surface area (Å²) in [6.45, 7) is 3.58. The van der Waals surface area contributed by atoms with Crippen LogP contribution in [-0.2, 0) is 10.2 Å². The van der Waals surface area contributed by atoms with Crippen molar-refractivity contribution in [2.24, 2.45) is 9.98 Å². The highest BCUT2D eigenvalue weighted by molar-refractivity contribution is 7.14. The normalized spacial score (nSPS) is 21.9. The smallest absolute Gasteiger partial charge is 0.214 e. The first kappa shape index (κ1) is 18.5. The fourth-order valence-corrected chi connectivity index (χ4v) is 4.80. The number of nitrogens with two attached hydrogens (primary N) is 1. The van der Waals surface area contributed by atoms with Crippen molar-refractivity contribution in [3.05, 3.63) is 33.9 Å². The lowest BCUT2D eigenvalue weighted by Crippen LogP contribution is -2.30. The third kappa shape index (κ3) is 3.51. The molecule has 1 unspecified atom stereocenters. The van der Waals surface area contributed by atoms with Crippen LogP contribution in [0.5, 0.6) is 0 Å². The number of nitrogens with zero attached hydrogens (tertiary/aromatic N) is 3. The largest absolute Gasteiger partial charge is 0.396 e. The van der Waals surface area contributed by atoms with Crippen LogP contribution < -0.4 is 5.73 Å². The van der Waals surface area contributed by atoms with Crippen molar-refractivity contribution in [3.63, 3.8) is 0 Å². The maximum atomic E-state index is 14.8. The van der Waals surface area contributed by atoms with Gasteiger partial charge in [0.25, 0.3) is 0 Å². The van der Waals surface area contributed by atoms with Crippen LogP contribution in [0.3, 0.4) is 0 Å². The highest BCUT2D eigenvalue weighted by atomic mass is 35.5. The van der Waals surface area contributed by atoms with Crippen molar-refractivity contribution < 1.29 is 9.13 Å². The van der Waals surface area contributed by atoms with Crippen molar-refractivity contribution in [2.45, 2.75) is 37.2 Å². The summed E-state index contributed by atoms with van der Waals surface area (Å²) in [5.74, 6) is -0.458. The van der Waals surface area contributed by atoms with Crippen LogP contribution in [0.2, 0.25) is 0 Å². The van der Waals surface area contributed by atoms with E-state index in [4.69, 9.17) is 27.1 Å². The molecule has 0 amide bonds. The van der Waals surface area contributed by atoms with Crippen LogP contribution in [0.25, 0.3) is 11.3 Å². The van der Waals surface area contributed by atoms with Crippen molar-refractivity contribution in [1.82, 2.24) is 4.98 Å². The van der Waals surface area contributed by atoms with Gasteiger partial charge < -0.3 is 10.5 Å². The zero-order valence-corrected chi connectivity index (χ0v) is 16.5. The van der Waals surface area contributed by atoms with Gasteiger partial charge in [-0.25, -0.2) is 14.4 Å². The third-order valence-electron chi connectivity index (χ3n) is 5.06. The second-order valence-corrected chi connectivity index (χ2v) is 8.39. The molecule has 0 bridgehead atoms. The minimum absolute atomic E-state index is 0.101. The van der Waals surface area contributed by atoms with Crippen molar-refractivity contribution in [2.75, 3.05) is 18.9 Å². The lowest BCUT2D eigenvalue weighted by Gasteiger charge is -2.31. The highest BCUT2D eigenvalue weighted by Gasteiger charge is 2.35. The Balaban J connectivity index is 1.87. The highest BCUT2D eigenvalue weighted by Crippen LogP contribution is 2.41. The summed E-state index contributed by atoms with van der Waals surface area (Å²) in [6, 6.07) is 4.99. The lowest BCUT2D eigenvalue weighted by molar-refractivity contribution is 0.0564. The predicted molar refractivity (Wildman–Crippen MR) is 109 cm³/mol. The fourth-order valence-electron chi connectivity index (χ4n) is 3.32. The zero-order chi connectivity index (χ0) is 19.0. The van der Waals surface area contributed by atoms with E-state index in [1.54, 1.807) is 35.8 Å². The summed E-state index contributed by atoms with van der Waals surface area (Å²) < 4.78 is 20.3. The number of anilines is 1. The molecule has 1 fully saturated rings. The Morgan fingerprint density at radius 1 is 1.33 bits per heavy atom. The van der Waals surface area contributed by atoms with Crippen LogP contribution in [0.15, 0.2) is 28.2 Å². The molecular weight excluding hydrogens is 387 g/mol. The Kier molecular flexibility index (Phi) is 5.01. The summed E-state index contributed by atoms with van der Waals surface area (Å²) in [6.07, 6.45) is 4.05. The Morgan fingerprint density at radius 3 is 2.85 bits per heavy atom. The lowest BCUT2D eigenvalue weighted by atomic mass is 9.83. The number of benzene rings is 1. The minimum atomic E-state index is -0.656. The van der Waals surface area contributed by atoms with Gasteiger partial charge in [-0.2, -0.15) is 0 Å². The molecule has 1 saturated heterocycles. The molecule has 0 saturated carbocycles. The molecule has 4 rings (SSSR count). The van der Waals surface area contributed by atoms with Crippen LogP contribution in [0, 0.1) is 5.82 Å². The number of ether oxygens (including phenoxy) is 1. The Hall–Kier alpha value is -1.83. The van der Waals surface area contributed by atoms with Gasteiger partial charge >= 0.3 is 0 Å². The third-order valence-corrected chi connectivity index (χ3v) is 6.68. The summed E-state index contributed by atoms with van der Waals surface area (Å²) in [5, 5.41) is 0.967. The number of thiazole rings is 1. The molecule has 5 nitrogen and oxygen atoms in total. The molecule has 3 heterocycles. The van der Waals surface area contributed by atoms with Gasteiger partial charge in [0.1, 0.15) is 0 Å². The van der Waals surface area contributed by atoms with Crippen LogP contribution in [0.1, 0.15) is 36.1 Å². The quantitative estimate of drug-likeness (QED) is 0.467. The van der Waals surface area contributed by atoms with E-state index < -0.39 is 11.4 Å². The van der Waals surface area contributed by atoms with Gasteiger partial charge in [0.2, 0.25) is 5.62 Å². The topological polar surface area (TPSA) is 72.9 Å². The molecule has 27 heavy (non-hydrogen) atoms. The van der Waals surface area contributed by atoms with Gasteiger partial charge in [-0.15, -0.1) is 11.3 Å². The average molecular weight is 407 g/mol. The van der Waals surface area contributed by atoms with Crippen molar-refractivity contribution >= 4 is 40.6 Å². The van der Waals surface area contributed by atoms with E-state index in [0.29, 0.717) is 30.9 Å². The van der Waals surface area contributed by atoms with E-state index in [-0.39, 0.29) is 11.1 Å². The number of nitrogen functional groups attached to an aromatic ring is 1. The van der Waals surface area contributed by atoms with Crippen molar-refractivity contribution in [1.29, 1.82) is 0 Å². The number of aliphatic imine (C=N–C) groups is 2. The molecule has 2 aromatic rings. The van der Waals surface area contributed by atoms with Gasteiger partial charge in [-0.3, -0.25) is 4.99 Å². The molecule has 1 aromatic carbocycles. The number of hydrogen-bond acceptors (Lipinski definition) is 6. The number of halogens is 2. The first-order valence-electron chi connectivity index (χ1n) is 8.84. The SMILES string of the molecule is CC1(c2nc(-c3cccc(N)c3F)c(C3=NC(Cl)N=CC3)s2)CCOCC1. The molecule has 2 N–H and O–H groups in total. The molecular formula is C19H20ClFN4OS. The van der Waals surface area contributed by atoms with Gasteiger partial charge in [0.15, 0.2) is 5.82 Å². The maximum Gasteiger partial charge on any atom is 0.214 e. The summed E-state index contributed by atoms with van der Waals surface area (Å²) in [5.41, 5.74) is 6.89. The molecule has 0 aliphatic carbocycles. The van der Waals surface area contributed by atoms with E-state index in [1.807, 2.05) is 0 Å². The molecule has 142 valence electrons. The standard InChI is InChI=1S/C19H20ClFN4OS/c1-19(6-9-26-10-7-19)17-25-15(11-3-2-4-12(22)14(11)21)16(27-17)13-5-8-23-18(20)24-13/h2-4,8,18H,5-7,9-10,22H2,1H3. The Bertz CT molecular complexity index is 920. The molecule has 1 aromatic heterocycles. The minimum Gasteiger partial charge on any atom is -0.396 e. The maximum absolute atomic E-state index is 14.8. The first-order chi connectivity index (χ1) is 13.0. The van der Waals surface area contributed by atoms with Gasteiger partial charge in [-0.1, -0.05) is 24.6 Å². The second-order valence-electron chi connectivity index (χ2n) is 7.00. The fraction of sp³-hybridized carbons (Fsp3) is 0.421. The molecule has 2 aliphatic rings. The van der Waals surface area contributed by atoms with Crippen LogP contribution in [-0.4, -0.2) is 35.7 Å². The van der Waals surface area contributed by atoms with E-state index in [9.17, 15) is 4.39 Å². The van der Waals surface area contributed by atoms with Crippen molar-refractivity contribution in [3.8, 4) is 11.3 Å². The number of alkyl halides is 1. The van der Waals surface area contributed by atoms with E-state index in [0.717, 1.165) is 28.4 Å². The van der Waals surface area contributed by atoms with E-state index in [2.05, 4.69) is 16.9 Å². The predicted octanol–water partition coefficient (Wildman–Crippen LogP) is 4.39. The van der Waals surface area contributed by atoms with Crippen LogP contribution in [0.4, 0.5) is 10.1 Å². The molecule has 0 radical (unpaired) electrons. The number of hydrogen-bond donors (Lipinski definition) is 1. The molecule has 0 spiro atoms. The van der Waals surface area contributed by atoms with E-state index >= 15 is 0 Å². The van der Waals surface area contributed by atoms with Crippen LogP contribution >= 0.6 is 22.9 Å². The Morgan fingerprint density at radius 2 is 2.11 bits per heavy atom. The molecule has 2 aliphatic heterocycles. The van der Waals surface area contributed by atoms with Gasteiger partial charge in [-0.05, 0) is 25.0 Å². The summed E-state index contributed by atoms with van der Waals surface area (Å²) in [4.78, 5) is 14.2.